The first kappa shape index (κ1) is 20.4. The van der Waals surface area contributed by atoms with Crippen LogP contribution in [0.25, 0.3) is 5.76 Å². The van der Waals surface area contributed by atoms with Gasteiger partial charge in [-0.2, -0.15) is 0 Å². The molecule has 1 heterocycles. The third kappa shape index (κ3) is 3.70. The lowest BCUT2D eigenvalue weighted by Crippen LogP contribution is -2.29. The van der Waals surface area contributed by atoms with E-state index in [2.05, 4.69) is 6.92 Å². The molecule has 0 bridgehead atoms. The minimum atomic E-state index is -0.752. The molecule has 0 saturated carbocycles. The summed E-state index contributed by atoms with van der Waals surface area (Å²) in [6.07, 6.45) is 0.875. The summed E-state index contributed by atoms with van der Waals surface area (Å²) in [5.74, 6) is -1.01. The molecular weight excluding hydrogens is 390 g/mol. The van der Waals surface area contributed by atoms with Gasteiger partial charge in [0.1, 0.15) is 11.5 Å². The molecule has 0 aromatic heterocycles. The average Bonchev–Trinajstić information content (AvgIpc) is 3.09. The van der Waals surface area contributed by atoms with Crippen molar-refractivity contribution in [2.45, 2.75) is 19.4 Å². The van der Waals surface area contributed by atoms with Crippen LogP contribution in [0.5, 0.6) is 5.75 Å². The summed E-state index contributed by atoms with van der Waals surface area (Å²) < 4.78 is 5.31. The molecule has 3 aromatic carbocycles. The lowest BCUT2D eigenvalue weighted by molar-refractivity contribution is -0.132. The number of amides is 1. The number of carbonyl (C=O) groups excluding carboxylic acids is 2. The molecule has 4 rings (SSSR count). The predicted octanol–water partition coefficient (Wildman–Crippen LogP) is 4.88. The summed E-state index contributed by atoms with van der Waals surface area (Å²) >= 11 is 0. The second kappa shape index (κ2) is 8.48. The zero-order chi connectivity index (χ0) is 22.0. The Morgan fingerprint density at radius 1 is 0.968 bits per heavy atom. The number of aryl methyl sites for hydroxylation is 1. The standard InChI is InChI=1S/C26H23NO4/c1-3-17-12-14-18(15-13-17)23-22(24(28)19-8-5-4-6-9-19)25(29)26(30)27(23)20-10-7-11-21(16-20)31-2/h4-16,23,28H,3H2,1-2H3. The zero-order valence-corrected chi connectivity index (χ0v) is 17.4. The van der Waals surface area contributed by atoms with E-state index < -0.39 is 17.7 Å². The van der Waals surface area contributed by atoms with Gasteiger partial charge >= 0.3 is 0 Å². The van der Waals surface area contributed by atoms with E-state index in [1.54, 1.807) is 55.6 Å². The largest absolute Gasteiger partial charge is 0.507 e. The van der Waals surface area contributed by atoms with Gasteiger partial charge in [0.05, 0.1) is 18.7 Å². The van der Waals surface area contributed by atoms with Crippen LogP contribution in [0.3, 0.4) is 0 Å². The summed E-state index contributed by atoms with van der Waals surface area (Å²) in [5, 5.41) is 11.1. The third-order valence-corrected chi connectivity index (χ3v) is 5.53. The predicted molar refractivity (Wildman–Crippen MR) is 120 cm³/mol. The summed E-state index contributed by atoms with van der Waals surface area (Å²) in [6, 6.07) is 22.8. The van der Waals surface area contributed by atoms with Crippen LogP contribution >= 0.6 is 0 Å². The Morgan fingerprint density at radius 3 is 2.32 bits per heavy atom. The van der Waals surface area contributed by atoms with E-state index in [1.807, 2.05) is 30.3 Å². The molecule has 31 heavy (non-hydrogen) atoms. The number of benzene rings is 3. The molecule has 1 fully saturated rings. The van der Waals surface area contributed by atoms with E-state index in [0.29, 0.717) is 17.0 Å². The molecule has 1 atom stereocenters. The number of hydrogen-bond donors (Lipinski definition) is 1. The number of ether oxygens (including phenoxy) is 1. The second-order valence-electron chi connectivity index (χ2n) is 7.33. The number of nitrogens with zero attached hydrogens (tertiary/aromatic N) is 1. The summed E-state index contributed by atoms with van der Waals surface area (Å²) in [5.41, 5.74) is 2.98. The first-order valence-electron chi connectivity index (χ1n) is 10.1. The Kier molecular flexibility index (Phi) is 5.58. The van der Waals surface area contributed by atoms with Crippen LogP contribution in [0.2, 0.25) is 0 Å². The van der Waals surface area contributed by atoms with Gasteiger partial charge in [-0.15, -0.1) is 0 Å². The van der Waals surface area contributed by atoms with Crippen LogP contribution < -0.4 is 9.64 Å². The van der Waals surface area contributed by atoms with Crippen LogP contribution in [-0.4, -0.2) is 23.9 Å². The highest BCUT2D eigenvalue weighted by Crippen LogP contribution is 2.42. The molecule has 156 valence electrons. The normalized spacial score (nSPS) is 17.7. The molecule has 1 aliphatic rings. The summed E-state index contributed by atoms with van der Waals surface area (Å²) in [4.78, 5) is 27.7. The molecule has 1 N–H and O–H groups in total. The molecular formula is C26H23NO4. The van der Waals surface area contributed by atoms with E-state index in [4.69, 9.17) is 4.74 Å². The highest BCUT2D eigenvalue weighted by molar-refractivity contribution is 6.51. The lowest BCUT2D eigenvalue weighted by Gasteiger charge is -2.26. The number of ketones is 1. The molecule has 1 amide bonds. The Hall–Kier alpha value is -3.86. The smallest absolute Gasteiger partial charge is 0.300 e. The number of aliphatic hydroxyl groups is 1. The number of Topliss-reactive ketones (excluding diaryl/α,β-unsaturated/α-hetero) is 1. The number of carbonyl (C=O) groups is 2. The van der Waals surface area contributed by atoms with E-state index in [0.717, 1.165) is 17.5 Å². The molecule has 0 spiro atoms. The van der Waals surface area contributed by atoms with Crippen molar-refractivity contribution in [2.24, 2.45) is 0 Å². The Labute approximate surface area is 181 Å². The molecule has 5 nitrogen and oxygen atoms in total. The van der Waals surface area contributed by atoms with Crippen LogP contribution in [-0.2, 0) is 16.0 Å². The highest BCUT2D eigenvalue weighted by Gasteiger charge is 2.47. The van der Waals surface area contributed by atoms with Gasteiger partial charge in [0, 0.05) is 17.3 Å². The van der Waals surface area contributed by atoms with E-state index >= 15 is 0 Å². The van der Waals surface area contributed by atoms with Gasteiger partial charge in [-0.1, -0.05) is 67.6 Å². The van der Waals surface area contributed by atoms with Gasteiger partial charge in [0.2, 0.25) is 0 Å². The summed E-state index contributed by atoms with van der Waals surface area (Å²) in [7, 11) is 1.55. The molecule has 1 saturated heterocycles. The van der Waals surface area contributed by atoms with Gasteiger partial charge < -0.3 is 9.84 Å². The van der Waals surface area contributed by atoms with Crippen molar-refractivity contribution >= 4 is 23.1 Å². The second-order valence-corrected chi connectivity index (χ2v) is 7.33. The monoisotopic (exact) mass is 413 g/mol. The molecule has 1 unspecified atom stereocenters. The van der Waals surface area contributed by atoms with Gasteiger partial charge in [-0.25, -0.2) is 0 Å². The summed E-state index contributed by atoms with van der Waals surface area (Å²) in [6.45, 7) is 2.06. The zero-order valence-electron chi connectivity index (χ0n) is 17.4. The van der Waals surface area contributed by atoms with Gasteiger partial charge in [0.25, 0.3) is 11.7 Å². The van der Waals surface area contributed by atoms with E-state index in [-0.39, 0.29) is 11.3 Å². The van der Waals surface area contributed by atoms with E-state index in [1.165, 1.54) is 4.90 Å². The van der Waals surface area contributed by atoms with Crippen LogP contribution in [0, 0.1) is 0 Å². The molecule has 0 radical (unpaired) electrons. The minimum absolute atomic E-state index is 0.0725. The SMILES string of the molecule is CCc1ccc(C2C(=C(O)c3ccccc3)C(=O)C(=O)N2c2cccc(OC)c2)cc1. The maximum Gasteiger partial charge on any atom is 0.300 e. The van der Waals surface area contributed by atoms with Crippen molar-refractivity contribution < 1.29 is 19.4 Å². The van der Waals surface area contributed by atoms with Crippen LogP contribution in [0.15, 0.2) is 84.4 Å². The number of rotatable bonds is 5. The van der Waals surface area contributed by atoms with Gasteiger partial charge in [0.15, 0.2) is 0 Å². The molecule has 1 aliphatic heterocycles. The maximum atomic E-state index is 13.1. The van der Waals surface area contributed by atoms with Gasteiger partial charge in [-0.3, -0.25) is 14.5 Å². The van der Waals surface area contributed by atoms with Crippen molar-refractivity contribution in [3.05, 3.63) is 101 Å². The quantitative estimate of drug-likeness (QED) is 0.368. The molecule has 3 aromatic rings. The Bertz CT molecular complexity index is 1150. The lowest BCUT2D eigenvalue weighted by atomic mass is 9.94. The first-order valence-corrected chi connectivity index (χ1v) is 10.1. The minimum Gasteiger partial charge on any atom is -0.507 e. The molecule has 5 heteroatoms. The fourth-order valence-corrected chi connectivity index (χ4v) is 3.86. The maximum absolute atomic E-state index is 13.1. The van der Waals surface area contributed by atoms with Crippen LogP contribution in [0.4, 0.5) is 5.69 Å². The van der Waals surface area contributed by atoms with Crippen molar-refractivity contribution in [1.82, 2.24) is 0 Å². The molecule has 0 aliphatic carbocycles. The fraction of sp³-hybridized carbons (Fsp3) is 0.154. The first-order chi connectivity index (χ1) is 15.0. The number of methoxy groups -OCH3 is 1. The average molecular weight is 413 g/mol. The Morgan fingerprint density at radius 2 is 1.68 bits per heavy atom. The number of anilines is 1. The van der Waals surface area contributed by atoms with Crippen molar-refractivity contribution in [1.29, 1.82) is 0 Å². The fourth-order valence-electron chi connectivity index (χ4n) is 3.86. The highest BCUT2D eigenvalue weighted by atomic mass is 16.5. The number of aliphatic hydroxyl groups excluding tert-OH is 1. The number of hydrogen-bond acceptors (Lipinski definition) is 4. The third-order valence-electron chi connectivity index (χ3n) is 5.53. The van der Waals surface area contributed by atoms with Crippen molar-refractivity contribution in [2.75, 3.05) is 12.0 Å². The van der Waals surface area contributed by atoms with Gasteiger partial charge in [-0.05, 0) is 29.7 Å². The van der Waals surface area contributed by atoms with E-state index in [9.17, 15) is 14.7 Å². The topological polar surface area (TPSA) is 66.8 Å². The van der Waals surface area contributed by atoms with Crippen molar-refractivity contribution in [3.63, 3.8) is 0 Å². The van der Waals surface area contributed by atoms with Crippen LogP contribution in [0.1, 0.15) is 29.7 Å². The Balaban J connectivity index is 1.93. The van der Waals surface area contributed by atoms with Crippen molar-refractivity contribution in [3.8, 4) is 5.75 Å².